The first kappa shape index (κ1) is 9.33. The predicted molar refractivity (Wildman–Crippen MR) is 60.0 cm³/mol. The van der Waals surface area contributed by atoms with Crippen LogP contribution in [0, 0.1) is 5.92 Å². The van der Waals surface area contributed by atoms with E-state index >= 15 is 0 Å². The molecule has 2 heterocycles. The molecule has 0 unspecified atom stereocenters. The van der Waals surface area contributed by atoms with Gasteiger partial charge >= 0.3 is 0 Å². The summed E-state index contributed by atoms with van der Waals surface area (Å²) in [5, 5.41) is 0. The lowest BCUT2D eigenvalue weighted by atomic mass is 10.3. The van der Waals surface area contributed by atoms with Crippen LogP contribution < -0.4 is 10.5 Å². The summed E-state index contributed by atoms with van der Waals surface area (Å²) >= 11 is 0. The number of hydrogen-bond acceptors (Lipinski definition) is 5. The van der Waals surface area contributed by atoms with Crippen LogP contribution in [0.3, 0.4) is 0 Å². The van der Waals surface area contributed by atoms with Gasteiger partial charge in [0.1, 0.15) is 5.52 Å². The molecular weight excluding hydrogens is 204 g/mol. The number of nitrogens with zero attached hydrogens (tertiary/aromatic N) is 3. The van der Waals surface area contributed by atoms with E-state index in [9.17, 15) is 0 Å². The minimum absolute atomic E-state index is 0.402. The summed E-state index contributed by atoms with van der Waals surface area (Å²) in [4.78, 5) is 12.5. The van der Waals surface area contributed by atoms with E-state index in [1.54, 1.807) is 18.5 Å². The first-order valence-electron chi connectivity index (χ1n) is 5.33. The number of aromatic nitrogens is 3. The molecule has 3 rings (SSSR count). The molecule has 1 fully saturated rings. The summed E-state index contributed by atoms with van der Waals surface area (Å²) in [7, 11) is 0. The van der Waals surface area contributed by atoms with Gasteiger partial charge in [-0.2, -0.15) is 0 Å². The van der Waals surface area contributed by atoms with Crippen LogP contribution in [0.25, 0.3) is 11.0 Å². The predicted octanol–water partition coefficient (Wildman–Crippen LogP) is 1.40. The van der Waals surface area contributed by atoms with Crippen molar-refractivity contribution >= 4 is 16.9 Å². The van der Waals surface area contributed by atoms with Crippen molar-refractivity contribution in [2.45, 2.75) is 12.8 Å². The number of anilines is 1. The van der Waals surface area contributed by atoms with E-state index in [0.29, 0.717) is 23.1 Å². The van der Waals surface area contributed by atoms with Crippen LogP contribution >= 0.6 is 0 Å². The number of nitrogens with two attached hydrogens (primary N) is 1. The highest BCUT2D eigenvalue weighted by Gasteiger charge is 2.22. The fourth-order valence-electron chi connectivity index (χ4n) is 1.51. The lowest BCUT2D eigenvalue weighted by Crippen LogP contribution is -2.02. The zero-order valence-corrected chi connectivity index (χ0v) is 8.76. The van der Waals surface area contributed by atoms with Gasteiger partial charge in [-0.25, -0.2) is 15.0 Å². The molecule has 16 heavy (non-hydrogen) atoms. The molecular formula is C11H12N4O. The lowest BCUT2D eigenvalue weighted by molar-refractivity contribution is 0.288. The standard InChI is InChI=1S/C11H12N4O/c12-11-10-8(3-4-13-11)15-9(5-14-10)16-6-7-1-2-7/h3-5,7H,1-2,6H2,(H2,12,13). The van der Waals surface area contributed by atoms with E-state index in [1.807, 2.05) is 0 Å². The number of nitrogen functional groups attached to an aromatic ring is 1. The van der Waals surface area contributed by atoms with E-state index in [-0.39, 0.29) is 0 Å². The third kappa shape index (κ3) is 1.76. The van der Waals surface area contributed by atoms with Gasteiger partial charge in [-0.3, -0.25) is 0 Å². The maximum atomic E-state index is 5.68. The van der Waals surface area contributed by atoms with Gasteiger partial charge in [0.2, 0.25) is 5.88 Å². The summed E-state index contributed by atoms with van der Waals surface area (Å²) in [6, 6.07) is 1.78. The third-order valence-corrected chi connectivity index (χ3v) is 2.63. The largest absolute Gasteiger partial charge is 0.476 e. The molecule has 0 radical (unpaired) electrons. The Labute approximate surface area is 92.7 Å². The van der Waals surface area contributed by atoms with E-state index in [2.05, 4.69) is 15.0 Å². The van der Waals surface area contributed by atoms with Gasteiger partial charge in [0.05, 0.1) is 18.3 Å². The van der Waals surface area contributed by atoms with Crippen molar-refractivity contribution in [1.82, 2.24) is 15.0 Å². The fraction of sp³-hybridized carbons (Fsp3) is 0.364. The van der Waals surface area contributed by atoms with Crippen molar-refractivity contribution in [3.63, 3.8) is 0 Å². The van der Waals surface area contributed by atoms with Crippen LogP contribution in [0.4, 0.5) is 5.82 Å². The molecule has 1 aliphatic carbocycles. The molecule has 0 aromatic carbocycles. The zero-order chi connectivity index (χ0) is 11.0. The molecule has 5 nitrogen and oxygen atoms in total. The van der Waals surface area contributed by atoms with E-state index in [4.69, 9.17) is 10.5 Å². The number of hydrogen-bond donors (Lipinski definition) is 1. The first-order chi connectivity index (χ1) is 7.83. The molecule has 0 saturated heterocycles. The highest BCUT2D eigenvalue weighted by molar-refractivity contribution is 5.83. The highest BCUT2D eigenvalue weighted by Crippen LogP contribution is 2.29. The third-order valence-electron chi connectivity index (χ3n) is 2.63. The Hall–Kier alpha value is -1.91. The van der Waals surface area contributed by atoms with Gasteiger partial charge in [0.15, 0.2) is 5.82 Å². The minimum atomic E-state index is 0.402. The number of rotatable bonds is 3. The van der Waals surface area contributed by atoms with Crippen LogP contribution in [0.2, 0.25) is 0 Å². The summed E-state index contributed by atoms with van der Waals surface area (Å²) in [5.74, 6) is 1.67. The SMILES string of the molecule is Nc1nccc2nc(OCC3CC3)cnc12. The van der Waals surface area contributed by atoms with Crippen molar-refractivity contribution in [1.29, 1.82) is 0 Å². The number of pyridine rings is 1. The second kappa shape index (κ2) is 3.59. The Morgan fingerprint density at radius 1 is 1.38 bits per heavy atom. The quantitative estimate of drug-likeness (QED) is 0.839. The topological polar surface area (TPSA) is 73.9 Å². The molecule has 1 saturated carbocycles. The Kier molecular flexibility index (Phi) is 2.09. The second-order valence-corrected chi connectivity index (χ2v) is 4.03. The number of fused-ring (bicyclic) bond motifs is 1. The van der Waals surface area contributed by atoms with Gasteiger partial charge in [0, 0.05) is 6.20 Å². The smallest absolute Gasteiger partial charge is 0.232 e. The van der Waals surface area contributed by atoms with E-state index in [0.717, 1.165) is 12.1 Å². The molecule has 0 amide bonds. The van der Waals surface area contributed by atoms with Crippen LogP contribution in [0.15, 0.2) is 18.5 Å². The molecule has 0 bridgehead atoms. The van der Waals surface area contributed by atoms with E-state index in [1.165, 1.54) is 12.8 Å². The summed E-state index contributed by atoms with van der Waals surface area (Å²) < 4.78 is 5.54. The maximum Gasteiger partial charge on any atom is 0.232 e. The van der Waals surface area contributed by atoms with Crippen molar-refractivity contribution < 1.29 is 4.74 Å². The van der Waals surface area contributed by atoms with Gasteiger partial charge in [0.25, 0.3) is 0 Å². The Bertz CT molecular complexity index is 524. The van der Waals surface area contributed by atoms with Crippen molar-refractivity contribution in [2.24, 2.45) is 5.92 Å². The Morgan fingerprint density at radius 2 is 2.25 bits per heavy atom. The number of ether oxygens (including phenoxy) is 1. The van der Waals surface area contributed by atoms with Crippen molar-refractivity contribution in [3.05, 3.63) is 18.5 Å². The molecule has 82 valence electrons. The molecule has 5 heteroatoms. The average Bonchev–Trinajstić information content (AvgIpc) is 3.10. The molecule has 2 aromatic heterocycles. The van der Waals surface area contributed by atoms with E-state index < -0.39 is 0 Å². The molecule has 0 atom stereocenters. The van der Waals surface area contributed by atoms with Crippen LogP contribution in [-0.2, 0) is 0 Å². The minimum Gasteiger partial charge on any atom is -0.476 e. The van der Waals surface area contributed by atoms with Crippen LogP contribution in [-0.4, -0.2) is 21.6 Å². The van der Waals surface area contributed by atoms with Gasteiger partial charge in [-0.05, 0) is 24.8 Å². The summed E-state index contributed by atoms with van der Waals surface area (Å²) in [5.41, 5.74) is 7.03. The van der Waals surface area contributed by atoms with Crippen molar-refractivity contribution in [3.8, 4) is 5.88 Å². The molecule has 0 aliphatic heterocycles. The van der Waals surface area contributed by atoms with Crippen molar-refractivity contribution in [2.75, 3.05) is 12.3 Å². The summed E-state index contributed by atoms with van der Waals surface area (Å²) in [6.45, 7) is 0.737. The first-order valence-corrected chi connectivity index (χ1v) is 5.33. The lowest BCUT2D eigenvalue weighted by Gasteiger charge is -2.05. The average molecular weight is 216 g/mol. The Morgan fingerprint density at radius 3 is 3.06 bits per heavy atom. The van der Waals surface area contributed by atoms with Crippen LogP contribution in [0.5, 0.6) is 5.88 Å². The fourth-order valence-corrected chi connectivity index (χ4v) is 1.51. The van der Waals surface area contributed by atoms with Crippen LogP contribution in [0.1, 0.15) is 12.8 Å². The molecule has 2 N–H and O–H groups in total. The zero-order valence-electron chi connectivity index (χ0n) is 8.76. The monoisotopic (exact) mass is 216 g/mol. The highest BCUT2D eigenvalue weighted by atomic mass is 16.5. The Balaban J connectivity index is 1.89. The molecule has 0 spiro atoms. The normalized spacial score (nSPS) is 15.2. The van der Waals surface area contributed by atoms with Gasteiger partial charge in [-0.1, -0.05) is 0 Å². The summed E-state index contributed by atoms with van der Waals surface area (Å²) in [6.07, 6.45) is 5.75. The van der Waals surface area contributed by atoms with Gasteiger partial charge in [-0.15, -0.1) is 0 Å². The molecule has 2 aromatic rings. The molecule has 1 aliphatic rings. The second-order valence-electron chi connectivity index (χ2n) is 4.03. The maximum absolute atomic E-state index is 5.68. The van der Waals surface area contributed by atoms with Gasteiger partial charge < -0.3 is 10.5 Å².